The molecule has 0 aliphatic heterocycles. The molecule has 2 heterocycles. The number of nitrogens with one attached hydrogen (secondary N) is 1. The molecule has 0 fully saturated rings. The number of imidazole rings is 1. The summed E-state index contributed by atoms with van der Waals surface area (Å²) in [6, 6.07) is 1.83. The molecular formula is C14H15N3O6. The minimum absolute atomic E-state index is 0.362. The highest BCUT2D eigenvalue weighted by Gasteiger charge is 2.23. The van der Waals surface area contributed by atoms with Gasteiger partial charge in [-0.15, -0.1) is 0 Å². The minimum Gasteiger partial charge on any atom is -0.481 e. The van der Waals surface area contributed by atoms with Crippen LogP contribution in [0.15, 0.2) is 24.5 Å². The van der Waals surface area contributed by atoms with Crippen LogP contribution in [0.5, 0.6) is 5.75 Å². The van der Waals surface area contributed by atoms with Crippen molar-refractivity contribution in [1.29, 1.82) is 0 Å². The summed E-state index contributed by atoms with van der Waals surface area (Å²) in [5, 5.41) is 19.6. The van der Waals surface area contributed by atoms with Gasteiger partial charge in [-0.25, -0.2) is 9.78 Å². The fourth-order valence-corrected chi connectivity index (χ4v) is 1.98. The van der Waals surface area contributed by atoms with Crippen molar-refractivity contribution < 1.29 is 29.3 Å². The van der Waals surface area contributed by atoms with Crippen LogP contribution in [-0.2, 0) is 14.4 Å². The Kier molecular flexibility index (Phi) is 4.79. The standard InChI is InChI=1S/C14H15N3O6/c1-8-6-17-4-2-3-10(13(17)15-8)23-7-11(18)16-9(14(21)22)5-12(19)20/h2-4,6,9H,5,7H2,1H3,(H,16,18)(H,19,20)(H,21,22). The molecule has 3 N–H and O–H groups in total. The monoisotopic (exact) mass is 321 g/mol. The van der Waals surface area contributed by atoms with E-state index in [-0.39, 0.29) is 0 Å². The first-order chi connectivity index (χ1) is 10.9. The normalized spacial score (nSPS) is 11.9. The number of carboxylic acid groups (broad SMARTS) is 2. The molecule has 0 spiro atoms. The Hall–Kier alpha value is -3.10. The number of fused-ring (bicyclic) bond motifs is 1. The van der Waals surface area contributed by atoms with Crippen molar-refractivity contribution in [3.05, 3.63) is 30.2 Å². The number of pyridine rings is 1. The van der Waals surface area contributed by atoms with Gasteiger partial charge >= 0.3 is 11.9 Å². The Morgan fingerprint density at radius 1 is 1.39 bits per heavy atom. The molecule has 0 saturated heterocycles. The Bertz CT molecular complexity index is 754. The third-order valence-electron chi connectivity index (χ3n) is 2.94. The quantitative estimate of drug-likeness (QED) is 0.657. The number of aryl methyl sites for hydroxylation is 1. The topological polar surface area (TPSA) is 130 Å². The molecule has 2 rings (SSSR count). The number of amides is 1. The van der Waals surface area contributed by atoms with E-state index in [1.165, 1.54) is 0 Å². The van der Waals surface area contributed by atoms with Crippen molar-refractivity contribution in [3.63, 3.8) is 0 Å². The van der Waals surface area contributed by atoms with E-state index < -0.39 is 36.9 Å². The number of hydrogen-bond acceptors (Lipinski definition) is 5. The second-order valence-electron chi connectivity index (χ2n) is 4.83. The fourth-order valence-electron chi connectivity index (χ4n) is 1.98. The lowest BCUT2D eigenvalue weighted by Crippen LogP contribution is -2.44. The average Bonchev–Trinajstić information content (AvgIpc) is 2.84. The maximum Gasteiger partial charge on any atom is 0.326 e. The van der Waals surface area contributed by atoms with Gasteiger partial charge in [0.2, 0.25) is 0 Å². The van der Waals surface area contributed by atoms with Gasteiger partial charge in [0.05, 0.1) is 12.1 Å². The Labute approximate surface area is 130 Å². The molecule has 1 amide bonds. The first-order valence-electron chi connectivity index (χ1n) is 6.68. The molecular weight excluding hydrogens is 306 g/mol. The summed E-state index contributed by atoms with van der Waals surface area (Å²) in [7, 11) is 0. The van der Waals surface area contributed by atoms with E-state index in [0.717, 1.165) is 5.69 Å². The molecule has 0 saturated carbocycles. The summed E-state index contributed by atoms with van der Waals surface area (Å²) in [5.74, 6) is -3.12. The van der Waals surface area contributed by atoms with Crippen LogP contribution in [-0.4, -0.2) is 50.1 Å². The second-order valence-corrected chi connectivity index (χ2v) is 4.83. The van der Waals surface area contributed by atoms with Crippen LogP contribution in [0, 0.1) is 6.92 Å². The zero-order chi connectivity index (χ0) is 17.0. The van der Waals surface area contributed by atoms with Crippen molar-refractivity contribution >= 4 is 23.5 Å². The maximum atomic E-state index is 11.7. The summed E-state index contributed by atoms with van der Waals surface area (Å²) < 4.78 is 7.07. The van der Waals surface area contributed by atoms with Crippen LogP contribution in [0.3, 0.4) is 0 Å². The van der Waals surface area contributed by atoms with E-state index in [1.807, 2.05) is 6.92 Å². The van der Waals surface area contributed by atoms with Crippen molar-refractivity contribution in [2.75, 3.05) is 6.61 Å². The van der Waals surface area contributed by atoms with Gasteiger partial charge in [-0.05, 0) is 19.1 Å². The number of carbonyl (C=O) groups excluding carboxylic acids is 1. The SMILES string of the molecule is Cc1cn2cccc(OCC(=O)NC(CC(=O)O)C(=O)O)c2n1. The summed E-state index contributed by atoms with van der Waals surface area (Å²) in [6.07, 6.45) is 2.85. The number of hydrogen-bond donors (Lipinski definition) is 3. The van der Waals surface area contributed by atoms with Crippen molar-refractivity contribution in [2.24, 2.45) is 0 Å². The number of ether oxygens (including phenoxy) is 1. The number of nitrogens with zero attached hydrogens (tertiary/aromatic N) is 2. The molecule has 0 bridgehead atoms. The highest BCUT2D eigenvalue weighted by Crippen LogP contribution is 2.18. The third-order valence-corrected chi connectivity index (χ3v) is 2.94. The third kappa shape index (κ3) is 4.19. The summed E-state index contributed by atoms with van der Waals surface area (Å²) in [6.45, 7) is 1.36. The van der Waals surface area contributed by atoms with Crippen molar-refractivity contribution in [2.45, 2.75) is 19.4 Å². The zero-order valence-electron chi connectivity index (χ0n) is 12.2. The average molecular weight is 321 g/mol. The lowest BCUT2D eigenvalue weighted by atomic mass is 10.2. The van der Waals surface area contributed by atoms with Gasteiger partial charge in [0, 0.05) is 12.4 Å². The van der Waals surface area contributed by atoms with Crippen LogP contribution in [0.1, 0.15) is 12.1 Å². The molecule has 122 valence electrons. The molecule has 2 aromatic rings. The lowest BCUT2D eigenvalue weighted by Gasteiger charge is -2.13. The van der Waals surface area contributed by atoms with E-state index in [1.54, 1.807) is 28.9 Å². The van der Waals surface area contributed by atoms with Gasteiger partial charge < -0.3 is 24.7 Å². The number of carboxylic acids is 2. The van der Waals surface area contributed by atoms with Gasteiger partial charge in [-0.1, -0.05) is 0 Å². The first kappa shape index (κ1) is 16.3. The number of aliphatic carboxylic acids is 2. The largest absolute Gasteiger partial charge is 0.481 e. The summed E-state index contributed by atoms with van der Waals surface area (Å²) >= 11 is 0. The van der Waals surface area contributed by atoms with E-state index >= 15 is 0 Å². The molecule has 1 atom stereocenters. The predicted molar refractivity (Wildman–Crippen MR) is 77.2 cm³/mol. The van der Waals surface area contributed by atoms with Crippen molar-refractivity contribution in [3.8, 4) is 5.75 Å². The molecule has 23 heavy (non-hydrogen) atoms. The summed E-state index contributed by atoms with van der Waals surface area (Å²) in [5.41, 5.74) is 1.30. The first-order valence-corrected chi connectivity index (χ1v) is 6.68. The Morgan fingerprint density at radius 2 is 2.13 bits per heavy atom. The molecule has 9 heteroatoms. The van der Waals surface area contributed by atoms with Crippen LogP contribution in [0.2, 0.25) is 0 Å². The van der Waals surface area contributed by atoms with E-state index in [9.17, 15) is 14.4 Å². The highest BCUT2D eigenvalue weighted by molar-refractivity contribution is 5.87. The van der Waals surface area contributed by atoms with Gasteiger partial charge in [-0.3, -0.25) is 9.59 Å². The summed E-state index contributed by atoms with van der Waals surface area (Å²) in [4.78, 5) is 37.4. The van der Waals surface area contributed by atoms with E-state index in [2.05, 4.69) is 10.3 Å². The molecule has 9 nitrogen and oxygen atoms in total. The number of rotatable bonds is 7. The van der Waals surface area contributed by atoms with Crippen LogP contribution < -0.4 is 10.1 Å². The predicted octanol–water partition coefficient (Wildman–Crippen LogP) is 0.0656. The molecule has 0 aliphatic rings. The Morgan fingerprint density at radius 3 is 2.78 bits per heavy atom. The molecule has 1 unspecified atom stereocenters. The van der Waals surface area contributed by atoms with Gasteiger partial charge in [0.15, 0.2) is 18.0 Å². The Balaban J connectivity index is 2.00. The van der Waals surface area contributed by atoms with Gasteiger partial charge in [0.1, 0.15) is 6.04 Å². The van der Waals surface area contributed by atoms with Crippen LogP contribution in [0.25, 0.3) is 5.65 Å². The van der Waals surface area contributed by atoms with E-state index in [4.69, 9.17) is 14.9 Å². The molecule has 0 aliphatic carbocycles. The molecule has 2 aromatic heterocycles. The minimum atomic E-state index is -1.51. The fraction of sp³-hybridized carbons (Fsp3) is 0.286. The van der Waals surface area contributed by atoms with Crippen molar-refractivity contribution in [1.82, 2.24) is 14.7 Å². The molecule has 0 radical (unpaired) electrons. The smallest absolute Gasteiger partial charge is 0.326 e. The van der Waals surface area contributed by atoms with Crippen LogP contribution in [0.4, 0.5) is 0 Å². The highest BCUT2D eigenvalue weighted by atomic mass is 16.5. The lowest BCUT2D eigenvalue weighted by molar-refractivity contribution is -0.147. The molecule has 0 aromatic carbocycles. The van der Waals surface area contributed by atoms with Gasteiger partial charge in [0.25, 0.3) is 5.91 Å². The maximum absolute atomic E-state index is 11.7. The number of aromatic nitrogens is 2. The number of carbonyl (C=O) groups is 3. The second kappa shape index (κ2) is 6.77. The van der Waals surface area contributed by atoms with E-state index in [0.29, 0.717) is 11.4 Å². The van der Waals surface area contributed by atoms with Gasteiger partial charge in [-0.2, -0.15) is 0 Å². The zero-order valence-corrected chi connectivity index (χ0v) is 12.2. The van der Waals surface area contributed by atoms with Crippen LogP contribution >= 0.6 is 0 Å².